The summed E-state index contributed by atoms with van der Waals surface area (Å²) in [6.45, 7) is 2.99. The fourth-order valence-corrected chi connectivity index (χ4v) is 4.56. The number of pyridine rings is 1. The third-order valence-corrected chi connectivity index (χ3v) is 6.46. The molecule has 0 amide bonds. The predicted octanol–water partition coefficient (Wildman–Crippen LogP) is 5.20. The van der Waals surface area contributed by atoms with Gasteiger partial charge in [0.2, 0.25) is 0 Å². The summed E-state index contributed by atoms with van der Waals surface area (Å²) in [4.78, 5) is 8.77. The Morgan fingerprint density at radius 1 is 0.886 bits per heavy atom. The first-order chi connectivity index (χ1) is 16.8. The van der Waals surface area contributed by atoms with Crippen molar-refractivity contribution in [2.24, 2.45) is 0 Å². The second-order valence-electron chi connectivity index (χ2n) is 8.43. The highest BCUT2D eigenvalue weighted by Gasteiger charge is 2.33. The quantitative estimate of drug-likeness (QED) is 0.417. The van der Waals surface area contributed by atoms with E-state index in [1.54, 1.807) is 12.3 Å². The number of anilines is 3. The highest BCUT2D eigenvalue weighted by atomic mass is 35.5. The number of aromatic nitrogens is 3. The maximum atomic E-state index is 13.3. The molecule has 10 heteroatoms. The minimum absolute atomic E-state index is 0.213. The number of nitrogens with two attached hydrogens (primary N) is 1. The molecule has 1 fully saturated rings. The van der Waals surface area contributed by atoms with Crippen LogP contribution in [-0.4, -0.2) is 41.4 Å². The van der Waals surface area contributed by atoms with E-state index < -0.39 is 11.7 Å². The van der Waals surface area contributed by atoms with Gasteiger partial charge in [-0.15, -0.1) is 5.10 Å². The van der Waals surface area contributed by atoms with Gasteiger partial charge in [0.25, 0.3) is 0 Å². The number of benzene rings is 2. The Labute approximate surface area is 205 Å². The van der Waals surface area contributed by atoms with Gasteiger partial charge in [-0.25, -0.2) is 4.98 Å². The predicted molar refractivity (Wildman–Crippen MR) is 132 cm³/mol. The second-order valence-corrected chi connectivity index (χ2v) is 8.84. The van der Waals surface area contributed by atoms with Gasteiger partial charge in [-0.2, -0.15) is 18.3 Å². The fraction of sp³-hybridized carbons (Fsp3) is 0.240. The SMILES string of the molecule is Nc1ccc(N2CCN(c3nnc(Cc4ccc(Cl)c(C(F)(F)F)c4)c4ccccc34)CC2)nc1. The summed E-state index contributed by atoms with van der Waals surface area (Å²) in [6, 6.07) is 15.4. The summed E-state index contributed by atoms with van der Waals surface area (Å²) < 4.78 is 39.9. The van der Waals surface area contributed by atoms with E-state index in [1.807, 2.05) is 36.4 Å². The molecule has 5 rings (SSSR count). The first-order valence-electron chi connectivity index (χ1n) is 11.1. The molecule has 2 N–H and O–H groups in total. The number of halogens is 4. The molecular formula is C25H22ClF3N6. The van der Waals surface area contributed by atoms with Crippen LogP contribution in [0.15, 0.2) is 60.8 Å². The number of nitrogen functional groups attached to an aromatic ring is 1. The van der Waals surface area contributed by atoms with Crippen molar-refractivity contribution in [3.8, 4) is 0 Å². The van der Waals surface area contributed by atoms with Crippen LogP contribution in [0.1, 0.15) is 16.8 Å². The first kappa shape index (κ1) is 23.2. The molecule has 4 aromatic rings. The Bertz CT molecular complexity index is 1350. The van der Waals surface area contributed by atoms with E-state index in [0.29, 0.717) is 16.9 Å². The zero-order valence-electron chi connectivity index (χ0n) is 18.6. The lowest BCUT2D eigenvalue weighted by atomic mass is 10.0. The standard InChI is InChI=1S/C25H22ClF3N6/c26-21-7-5-16(13-20(21)25(27,28)29)14-22-18-3-1-2-4-19(18)24(33-32-22)35-11-9-34(10-12-35)23-8-6-17(30)15-31-23/h1-8,13,15H,9-12,14,30H2. The van der Waals surface area contributed by atoms with E-state index in [2.05, 4.69) is 25.0 Å². The number of piperazine rings is 1. The van der Waals surface area contributed by atoms with Gasteiger partial charge in [0.05, 0.1) is 28.2 Å². The Morgan fingerprint density at radius 2 is 1.60 bits per heavy atom. The van der Waals surface area contributed by atoms with E-state index in [1.165, 1.54) is 6.07 Å². The van der Waals surface area contributed by atoms with Crippen molar-refractivity contribution in [2.45, 2.75) is 12.6 Å². The molecule has 35 heavy (non-hydrogen) atoms. The molecule has 1 saturated heterocycles. The van der Waals surface area contributed by atoms with Gasteiger partial charge in [-0.05, 0) is 29.8 Å². The average Bonchev–Trinajstić information content (AvgIpc) is 2.85. The summed E-state index contributed by atoms with van der Waals surface area (Å²) >= 11 is 5.78. The van der Waals surface area contributed by atoms with Gasteiger partial charge >= 0.3 is 6.18 Å². The van der Waals surface area contributed by atoms with E-state index in [4.69, 9.17) is 17.3 Å². The highest BCUT2D eigenvalue weighted by molar-refractivity contribution is 6.31. The molecule has 180 valence electrons. The van der Waals surface area contributed by atoms with Crippen LogP contribution < -0.4 is 15.5 Å². The highest BCUT2D eigenvalue weighted by Crippen LogP contribution is 2.36. The Balaban J connectivity index is 1.40. The van der Waals surface area contributed by atoms with Crippen LogP contribution in [0.4, 0.5) is 30.5 Å². The molecule has 0 spiro atoms. The van der Waals surface area contributed by atoms with E-state index in [-0.39, 0.29) is 11.4 Å². The van der Waals surface area contributed by atoms with Crippen molar-refractivity contribution >= 4 is 39.7 Å². The molecule has 0 saturated carbocycles. The monoisotopic (exact) mass is 498 g/mol. The second kappa shape index (κ2) is 9.22. The summed E-state index contributed by atoms with van der Waals surface area (Å²) in [7, 11) is 0. The minimum atomic E-state index is -4.52. The molecular weight excluding hydrogens is 477 g/mol. The third kappa shape index (κ3) is 4.81. The van der Waals surface area contributed by atoms with Crippen molar-refractivity contribution in [1.82, 2.24) is 15.2 Å². The van der Waals surface area contributed by atoms with Crippen LogP contribution in [-0.2, 0) is 12.6 Å². The summed E-state index contributed by atoms with van der Waals surface area (Å²) in [5.74, 6) is 1.65. The first-order valence-corrected chi connectivity index (χ1v) is 11.5. The molecule has 0 unspecified atom stereocenters. The number of alkyl halides is 3. The molecule has 2 aromatic heterocycles. The Hall–Kier alpha value is -3.59. The Morgan fingerprint density at radius 3 is 2.29 bits per heavy atom. The molecule has 0 aliphatic carbocycles. The van der Waals surface area contributed by atoms with Crippen molar-refractivity contribution < 1.29 is 13.2 Å². The molecule has 1 aliphatic heterocycles. The third-order valence-electron chi connectivity index (χ3n) is 6.13. The summed E-state index contributed by atoms with van der Waals surface area (Å²) in [5, 5.41) is 10.4. The lowest BCUT2D eigenvalue weighted by Crippen LogP contribution is -2.47. The zero-order chi connectivity index (χ0) is 24.6. The van der Waals surface area contributed by atoms with Gasteiger partial charge in [0, 0.05) is 43.4 Å². The smallest absolute Gasteiger partial charge is 0.397 e. The van der Waals surface area contributed by atoms with E-state index in [0.717, 1.165) is 54.7 Å². The van der Waals surface area contributed by atoms with Crippen LogP contribution >= 0.6 is 11.6 Å². The molecule has 0 radical (unpaired) electrons. The maximum absolute atomic E-state index is 13.3. The van der Waals surface area contributed by atoms with Crippen LogP contribution in [0, 0.1) is 0 Å². The molecule has 0 bridgehead atoms. The largest absolute Gasteiger partial charge is 0.417 e. The van der Waals surface area contributed by atoms with Gasteiger partial charge in [0.15, 0.2) is 5.82 Å². The maximum Gasteiger partial charge on any atom is 0.417 e. The molecule has 1 aliphatic rings. The fourth-order valence-electron chi connectivity index (χ4n) is 4.33. The number of nitrogens with zero attached hydrogens (tertiary/aromatic N) is 5. The number of hydrogen-bond acceptors (Lipinski definition) is 6. The number of hydrogen-bond donors (Lipinski definition) is 1. The van der Waals surface area contributed by atoms with Crippen molar-refractivity contribution in [3.05, 3.63) is 82.6 Å². The molecule has 0 atom stereocenters. The lowest BCUT2D eigenvalue weighted by Gasteiger charge is -2.36. The zero-order valence-corrected chi connectivity index (χ0v) is 19.4. The average molecular weight is 499 g/mol. The minimum Gasteiger partial charge on any atom is -0.397 e. The van der Waals surface area contributed by atoms with Crippen molar-refractivity contribution in [1.29, 1.82) is 0 Å². The van der Waals surface area contributed by atoms with Gasteiger partial charge in [0.1, 0.15) is 5.82 Å². The summed E-state index contributed by atoms with van der Waals surface area (Å²) in [5.41, 5.74) is 6.61. The van der Waals surface area contributed by atoms with E-state index in [9.17, 15) is 13.2 Å². The van der Waals surface area contributed by atoms with Gasteiger partial charge in [-0.3, -0.25) is 0 Å². The normalized spacial score (nSPS) is 14.5. The number of rotatable bonds is 4. The molecule has 6 nitrogen and oxygen atoms in total. The Kier molecular flexibility index (Phi) is 6.10. The molecule has 2 aromatic carbocycles. The van der Waals surface area contributed by atoms with Crippen LogP contribution in [0.5, 0.6) is 0 Å². The topological polar surface area (TPSA) is 71.2 Å². The number of fused-ring (bicyclic) bond motifs is 1. The van der Waals surface area contributed by atoms with Crippen LogP contribution in [0.3, 0.4) is 0 Å². The van der Waals surface area contributed by atoms with Crippen molar-refractivity contribution in [2.75, 3.05) is 41.7 Å². The lowest BCUT2D eigenvalue weighted by molar-refractivity contribution is -0.137. The molecule has 3 heterocycles. The van der Waals surface area contributed by atoms with Gasteiger partial charge in [-0.1, -0.05) is 41.9 Å². The van der Waals surface area contributed by atoms with Crippen LogP contribution in [0.25, 0.3) is 10.8 Å². The van der Waals surface area contributed by atoms with Crippen molar-refractivity contribution in [3.63, 3.8) is 0 Å². The van der Waals surface area contributed by atoms with E-state index >= 15 is 0 Å². The van der Waals surface area contributed by atoms with Crippen LogP contribution in [0.2, 0.25) is 5.02 Å². The van der Waals surface area contributed by atoms with Gasteiger partial charge < -0.3 is 15.5 Å². The summed E-state index contributed by atoms with van der Waals surface area (Å²) in [6.07, 6.45) is -2.66.